The molecule has 0 nitrogen and oxygen atoms in total. The molecule has 1 radical (unpaired) electrons. The van der Waals surface area contributed by atoms with Crippen molar-refractivity contribution in [2.75, 3.05) is 0 Å². The topological polar surface area (TPSA) is 0 Å². The first kappa shape index (κ1) is 4.49. The van der Waals surface area contributed by atoms with E-state index in [-0.39, 0.29) is 0 Å². The van der Waals surface area contributed by atoms with Gasteiger partial charge in [-0.1, -0.05) is 5.92 Å². The summed E-state index contributed by atoms with van der Waals surface area (Å²) in [5, 5.41) is 0. The Balaban J connectivity index is 2.94. The first-order chi connectivity index (χ1) is 2.27. The van der Waals surface area contributed by atoms with Gasteiger partial charge >= 0.3 is 0 Å². The van der Waals surface area contributed by atoms with Crippen LogP contribution in [0, 0.1) is 18.5 Å². The van der Waals surface area contributed by atoms with Gasteiger partial charge in [0.1, 0.15) is 0 Å². The zero-order chi connectivity index (χ0) is 4.28. The number of hydrogen-bond donors (Lipinski definition) is 0. The molecule has 0 amide bonds. The molecule has 0 atom stereocenters. The van der Waals surface area contributed by atoms with Crippen LogP contribution in [-0.4, -0.2) is 0 Å². The highest BCUT2D eigenvalue weighted by Gasteiger charge is 1.83. The molecule has 5 heavy (non-hydrogen) atoms. The van der Waals surface area contributed by atoms with Crippen molar-refractivity contribution in [2.24, 2.45) is 0 Å². The first-order valence-electron chi connectivity index (χ1n) is 1.23. The van der Waals surface area contributed by atoms with Gasteiger partial charge in [-0.05, 0) is 6.92 Å². The number of hydrogen-bond acceptors (Lipinski definition) is 0. The first-order valence-corrected chi connectivity index (χ1v) is 1.23. The van der Waals surface area contributed by atoms with Gasteiger partial charge < -0.3 is 0 Å². The van der Waals surface area contributed by atoms with Gasteiger partial charge in [-0.15, -0.1) is 6.42 Å². The minimum absolute atomic E-state index is 0.468. The molecular weight excluding hydrogens is 67.0 g/mol. The molecule has 0 N–H and O–H groups in total. The van der Waals surface area contributed by atoms with Crippen molar-refractivity contribution in [3.63, 3.8) is 0 Å². The summed E-state index contributed by atoms with van der Waals surface area (Å²) < 4.78 is 11.1. The molecular formula is C4H4F. The van der Waals surface area contributed by atoms with Crippen LogP contribution >= 0.6 is 0 Å². The number of rotatable bonds is 0. The molecule has 0 rings (SSSR count). The van der Waals surface area contributed by atoms with Gasteiger partial charge in [-0.2, -0.15) is 0 Å². The van der Waals surface area contributed by atoms with Crippen LogP contribution < -0.4 is 0 Å². The zero-order valence-corrected chi connectivity index (χ0v) is 2.96. The monoisotopic (exact) mass is 71.0 g/mol. The lowest BCUT2D eigenvalue weighted by Gasteiger charge is -1.72. The molecule has 0 aliphatic heterocycles. The van der Waals surface area contributed by atoms with Crippen molar-refractivity contribution in [2.45, 2.75) is 6.92 Å². The summed E-state index contributed by atoms with van der Waals surface area (Å²) in [6, 6.07) is 0. The molecule has 0 aromatic carbocycles. The van der Waals surface area contributed by atoms with Gasteiger partial charge in [0.2, 0.25) is 6.17 Å². The largest absolute Gasteiger partial charge is 0.225 e. The maximum atomic E-state index is 11.1. The van der Waals surface area contributed by atoms with Crippen LogP contribution in [0.5, 0.6) is 0 Å². The Morgan fingerprint density at radius 3 is 2.20 bits per heavy atom. The minimum Gasteiger partial charge on any atom is -0.225 e. The third-order valence-corrected chi connectivity index (χ3v) is 0.199. The van der Waals surface area contributed by atoms with E-state index in [1.54, 1.807) is 5.92 Å². The average molecular weight is 71.1 g/mol. The fraction of sp³-hybridized carbons (Fsp3) is 0.250. The Bertz CT molecular complexity index is 49.2. The minimum atomic E-state index is -0.468. The lowest BCUT2D eigenvalue weighted by atomic mass is 10.5. The van der Waals surface area contributed by atoms with E-state index in [9.17, 15) is 4.39 Å². The normalized spacial score (nSPS) is 7.60. The van der Waals surface area contributed by atoms with Crippen LogP contribution in [0.25, 0.3) is 0 Å². The van der Waals surface area contributed by atoms with E-state index >= 15 is 0 Å². The summed E-state index contributed by atoms with van der Waals surface area (Å²) in [4.78, 5) is 0. The standard InChI is InChI=1S/C4H4F/c1-3-4(2)5/h1H,2H3. The predicted octanol–water partition coefficient (Wildman–Crippen LogP) is 1.14. The number of terminal acetylenes is 1. The van der Waals surface area contributed by atoms with Gasteiger partial charge in [0.25, 0.3) is 0 Å². The zero-order valence-electron chi connectivity index (χ0n) is 2.96. The summed E-state index contributed by atoms with van der Waals surface area (Å²) in [5.41, 5.74) is 0. The van der Waals surface area contributed by atoms with Crippen LogP contribution in [0.15, 0.2) is 0 Å². The average Bonchev–Trinajstić information content (AvgIpc) is 1.38. The highest BCUT2D eigenvalue weighted by molar-refractivity contribution is 5.04. The van der Waals surface area contributed by atoms with Crippen molar-refractivity contribution in [3.8, 4) is 12.3 Å². The maximum absolute atomic E-state index is 11.1. The fourth-order valence-corrected chi connectivity index (χ4v) is 0. The summed E-state index contributed by atoms with van der Waals surface area (Å²) in [6.07, 6.45) is 4.04. The van der Waals surface area contributed by atoms with Crippen LogP contribution in [0.4, 0.5) is 4.39 Å². The molecule has 0 bridgehead atoms. The van der Waals surface area contributed by atoms with E-state index in [2.05, 4.69) is 6.42 Å². The van der Waals surface area contributed by atoms with Gasteiger partial charge in [-0.3, -0.25) is 0 Å². The third-order valence-electron chi connectivity index (χ3n) is 0.199. The highest BCUT2D eigenvalue weighted by atomic mass is 19.1. The van der Waals surface area contributed by atoms with Crippen LogP contribution in [0.2, 0.25) is 0 Å². The molecule has 0 saturated heterocycles. The summed E-state index contributed by atoms with van der Waals surface area (Å²) >= 11 is 0. The van der Waals surface area contributed by atoms with E-state index in [0.717, 1.165) is 0 Å². The molecule has 0 aliphatic carbocycles. The summed E-state index contributed by atoms with van der Waals surface area (Å²) in [5.74, 6) is 1.78. The Morgan fingerprint density at radius 1 is 2.00 bits per heavy atom. The van der Waals surface area contributed by atoms with Gasteiger partial charge in [0, 0.05) is 0 Å². The molecule has 0 saturated carbocycles. The molecule has 0 aliphatic rings. The molecule has 0 spiro atoms. The second-order valence-electron chi connectivity index (χ2n) is 0.678. The molecule has 1 heteroatoms. The molecule has 0 aromatic rings. The van der Waals surface area contributed by atoms with Gasteiger partial charge in [0.15, 0.2) is 0 Å². The van der Waals surface area contributed by atoms with Gasteiger partial charge in [0.05, 0.1) is 0 Å². The third kappa shape index (κ3) is 3.49. The summed E-state index contributed by atoms with van der Waals surface area (Å²) in [7, 11) is 0. The van der Waals surface area contributed by atoms with E-state index in [1.165, 1.54) is 6.92 Å². The lowest BCUT2D eigenvalue weighted by Crippen LogP contribution is -1.65. The second-order valence-corrected chi connectivity index (χ2v) is 0.678. The Morgan fingerprint density at radius 2 is 2.20 bits per heavy atom. The fourth-order valence-electron chi connectivity index (χ4n) is 0. The predicted molar refractivity (Wildman–Crippen MR) is 18.9 cm³/mol. The Labute approximate surface area is 31.0 Å². The van der Waals surface area contributed by atoms with Crippen LogP contribution in [-0.2, 0) is 0 Å². The Hall–Kier alpha value is -0.510. The summed E-state index contributed by atoms with van der Waals surface area (Å²) in [6.45, 7) is 1.24. The smallest absolute Gasteiger partial charge is 0.212 e. The van der Waals surface area contributed by atoms with E-state index < -0.39 is 6.17 Å². The molecule has 0 heterocycles. The van der Waals surface area contributed by atoms with Gasteiger partial charge in [-0.25, -0.2) is 4.39 Å². The highest BCUT2D eigenvalue weighted by Crippen LogP contribution is 1.90. The van der Waals surface area contributed by atoms with Crippen molar-refractivity contribution in [3.05, 3.63) is 6.17 Å². The van der Waals surface area contributed by atoms with E-state index in [1.807, 2.05) is 0 Å². The quantitative estimate of drug-likeness (QED) is 0.376. The van der Waals surface area contributed by atoms with E-state index in [4.69, 9.17) is 0 Å². The van der Waals surface area contributed by atoms with Crippen molar-refractivity contribution >= 4 is 0 Å². The Kier molecular flexibility index (Phi) is 1.60. The van der Waals surface area contributed by atoms with Crippen molar-refractivity contribution < 1.29 is 4.39 Å². The van der Waals surface area contributed by atoms with Crippen molar-refractivity contribution in [1.29, 1.82) is 0 Å². The molecule has 27 valence electrons. The molecule has 0 unspecified atom stereocenters. The van der Waals surface area contributed by atoms with E-state index in [0.29, 0.717) is 0 Å². The molecule has 0 fully saturated rings. The van der Waals surface area contributed by atoms with Crippen LogP contribution in [0.3, 0.4) is 0 Å². The lowest BCUT2D eigenvalue weighted by molar-refractivity contribution is 0.568. The molecule has 0 aromatic heterocycles. The van der Waals surface area contributed by atoms with Crippen LogP contribution in [0.1, 0.15) is 6.92 Å². The van der Waals surface area contributed by atoms with Crippen molar-refractivity contribution in [1.82, 2.24) is 0 Å². The second kappa shape index (κ2) is 1.78. The maximum Gasteiger partial charge on any atom is 0.212 e. The number of halogens is 1. The SMILES string of the molecule is C#C[C](C)F.